The number of amides is 1. The minimum atomic E-state index is -4.62. The molecule has 1 amide bonds. The molecule has 1 aromatic rings. The maximum atomic E-state index is 12.6. The monoisotopic (exact) mass is 296 g/mol. The molecule has 0 aliphatic carbocycles. The van der Waals surface area contributed by atoms with E-state index in [2.05, 4.69) is 9.97 Å². The van der Waals surface area contributed by atoms with Crippen LogP contribution in [0.5, 0.6) is 0 Å². The summed E-state index contributed by atoms with van der Waals surface area (Å²) in [6.45, 7) is -0.113. The highest BCUT2D eigenvalue weighted by molar-refractivity contribution is 6.28. The fourth-order valence-electron chi connectivity index (χ4n) is 1.17. The van der Waals surface area contributed by atoms with Gasteiger partial charge in [-0.2, -0.15) is 13.2 Å². The second-order valence-corrected chi connectivity index (χ2v) is 4.36. The number of aromatic nitrogens is 2. The topological polar surface area (TPSA) is 49.3 Å². The van der Waals surface area contributed by atoms with Crippen molar-refractivity contribution in [3.8, 4) is 0 Å². The summed E-state index contributed by atoms with van der Waals surface area (Å²) in [7, 11) is 4.54. The lowest BCUT2D eigenvalue weighted by Gasteiger charge is -2.20. The first-order chi connectivity index (χ1) is 8.61. The van der Waals surface area contributed by atoms with Crippen molar-refractivity contribution in [2.45, 2.75) is 6.18 Å². The third kappa shape index (κ3) is 4.23. The van der Waals surface area contributed by atoms with Gasteiger partial charge < -0.3 is 9.80 Å². The van der Waals surface area contributed by atoms with Crippen LogP contribution in [0.2, 0.25) is 5.28 Å². The second kappa shape index (κ2) is 5.60. The zero-order valence-electron chi connectivity index (χ0n) is 10.5. The number of nitrogens with zero attached hydrogens (tertiary/aromatic N) is 4. The molecule has 0 aliphatic rings. The Hall–Kier alpha value is -1.57. The highest BCUT2D eigenvalue weighted by Gasteiger charge is 2.34. The highest BCUT2D eigenvalue weighted by atomic mass is 35.5. The van der Waals surface area contributed by atoms with Gasteiger partial charge in [-0.15, -0.1) is 0 Å². The number of likely N-dealkylation sites (N-methyl/N-ethyl adjacent to an activating group) is 2. The first kappa shape index (κ1) is 15.5. The smallest absolute Gasteiger partial charge is 0.350 e. The van der Waals surface area contributed by atoms with Gasteiger partial charge in [0.25, 0.3) is 0 Å². The minimum Gasteiger partial charge on any atom is -0.350 e. The zero-order valence-corrected chi connectivity index (χ0v) is 11.2. The predicted molar refractivity (Wildman–Crippen MR) is 64.0 cm³/mol. The molecule has 0 unspecified atom stereocenters. The van der Waals surface area contributed by atoms with E-state index in [0.29, 0.717) is 0 Å². The van der Waals surface area contributed by atoms with Crippen molar-refractivity contribution in [2.24, 2.45) is 0 Å². The number of halogens is 4. The fourth-order valence-corrected chi connectivity index (χ4v) is 1.35. The first-order valence-electron chi connectivity index (χ1n) is 5.14. The van der Waals surface area contributed by atoms with Crippen molar-refractivity contribution >= 4 is 23.3 Å². The number of carbonyl (C=O) groups is 1. The van der Waals surface area contributed by atoms with Crippen LogP contribution in [0.1, 0.15) is 5.69 Å². The zero-order chi connectivity index (χ0) is 14.8. The molecule has 9 heteroatoms. The Balaban J connectivity index is 3.01. The van der Waals surface area contributed by atoms with Crippen LogP contribution in [0.25, 0.3) is 0 Å². The Morgan fingerprint density at radius 3 is 2.37 bits per heavy atom. The first-order valence-corrected chi connectivity index (χ1v) is 5.52. The van der Waals surface area contributed by atoms with Gasteiger partial charge in [0.15, 0.2) is 5.69 Å². The van der Waals surface area contributed by atoms with Crippen LogP contribution in [0.3, 0.4) is 0 Å². The Bertz CT molecular complexity index is 478. The van der Waals surface area contributed by atoms with Crippen LogP contribution in [-0.2, 0) is 11.0 Å². The van der Waals surface area contributed by atoms with Crippen LogP contribution in [-0.4, -0.2) is 48.5 Å². The van der Waals surface area contributed by atoms with E-state index in [-0.39, 0.29) is 18.3 Å². The Kier molecular flexibility index (Phi) is 4.56. The lowest BCUT2D eigenvalue weighted by atomic mass is 10.3. The third-order valence-electron chi connectivity index (χ3n) is 2.24. The molecule has 0 bridgehead atoms. The van der Waals surface area contributed by atoms with Crippen LogP contribution >= 0.6 is 11.6 Å². The third-order valence-corrected chi connectivity index (χ3v) is 2.41. The van der Waals surface area contributed by atoms with E-state index in [4.69, 9.17) is 11.6 Å². The summed E-state index contributed by atoms with van der Waals surface area (Å²) in [6.07, 6.45) is -4.62. The molecule has 0 N–H and O–H groups in total. The normalized spacial score (nSPS) is 11.3. The maximum absolute atomic E-state index is 12.6. The number of rotatable bonds is 3. The lowest BCUT2D eigenvalue weighted by molar-refractivity contribution is -0.141. The molecule has 106 valence electrons. The van der Waals surface area contributed by atoms with Gasteiger partial charge in [-0.1, -0.05) is 0 Å². The number of hydrogen-bond donors (Lipinski definition) is 0. The molecule has 5 nitrogen and oxygen atoms in total. The molecule has 1 heterocycles. The molecule has 0 aliphatic heterocycles. The van der Waals surface area contributed by atoms with Gasteiger partial charge in [0.1, 0.15) is 5.82 Å². The lowest BCUT2D eigenvalue weighted by Crippen LogP contribution is -2.35. The summed E-state index contributed by atoms with van der Waals surface area (Å²) < 4.78 is 37.7. The fraction of sp³-hybridized carbons (Fsp3) is 0.500. The van der Waals surface area contributed by atoms with Crippen molar-refractivity contribution in [3.63, 3.8) is 0 Å². The predicted octanol–water partition coefficient (Wildman–Crippen LogP) is 1.67. The SMILES string of the molecule is CN(C)C(=O)CN(C)c1cc(C(F)(F)F)nc(Cl)n1. The summed E-state index contributed by atoms with van der Waals surface area (Å²) in [5.74, 6) is -0.340. The van der Waals surface area contributed by atoms with E-state index in [1.54, 1.807) is 14.1 Å². The quantitative estimate of drug-likeness (QED) is 0.796. The molecule has 0 saturated heterocycles. The van der Waals surface area contributed by atoms with Crippen molar-refractivity contribution in [1.29, 1.82) is 0 Å². The molecule has 1 rings (SSSR count). The van der Waals surface area contributed by atoms with E-state index >= 15 is 0 Å². The van der Waals surface area contributed by atoms with Gasteiger partial charge in [-0.05, 0) is 11.6 Å². The molecule has 0 atom stereocenters. The molecule has 0 spiro atoms. The molecule has 0 aromatic carbocycles. The van der Waals surface area contributed by atoms with Crippen molar-refractivity contribution in [1.82, 2.24) is 14.9 Å². The van der Waals surface area contributed by atoms with Crippen LogP contribution in [0.4, 0.5) is 19.0 Å². The molecule has 0 radical (unpaired) electrons. The summed E-state index contributed by atoms with van der Waals surface area (Å²) in [4.78, 5) is 20.8. The van der Waals surface area contributed by atoms with Crippen LogP contribution in [0, 0.1) is 0 Å². The molecular weight excluding hydrogens is 285 g/mol. The van der Waals surface area contributed by atoms with Gasteiger partial charge in [-0.25, -0.2) is 9.97 Å². The van der Waals surface area contributed by atoms with E-state index in [1.165, 1.54) is 16.8 Å². The van der Waals surface area contributed by atoms with Crippen molar-refractivity contribution < 1.29 is 18.0 Å². The summed E-state index contributed by atoms with van der Waals surface area (Å²) >= 11 is 5.45. The van der Waals surface area contributed by atoms with E-state index in [1.807, 2.05) is 0 Å². The molecular formula is C10H12ClF3N4O. The summed E-state index contributed by atoms with van der Waals surface area (Å²) in [6, 6.07) is 0.745. The van der Waals surface area contributed by atoms with Crippen molar-refractivity contribution in [2.75, 3.05) is 32.6 Å². The molecule has 1 aromatic heterocycles. The average Bonchev–Trinajstić information content (AvgIpc) is 2.26. The second-order valence-electron chi connectivity index (χ2n) is 4.02. The minimum absolute atomic E-state index is 0.0671. The number of anilines is 1. The summed E-state index contributed by atoms with van der Waals surface area (Å²) in [5, 5.41) is -0.519. The molecule has 19 heavy (non-hydrogen) atoms. The Morgan fingerprint density at radius 1 is 1.32 bits per heavy atom. The van der Waals surface area contributed by atoms with Gasteiger partial charge in [-0.3, -0.25) is 4.79 Å². The number of carbonyl (C=O) groups excluding carboxylic acids is 1. The van der Waals surface area contributed by atoms with Gasteiger partial charge >= 0.3 is 6.18 Å². The van der Waals surface area contributed by atoms with Crippen LogP contribution in [0.15, 0.2) is 6.07 Å². The van der Waals surface area contributed by atoms with Gasteiger partial charge in [0.05, 0.1) is 6.54 Å². The van der Waals surface area contributed by atoms with Gasteiger partial charge in [0.2, 0.25) is 11.2 Å². The largest absolute Gasteiger partial charge is 0.433 e. The van der Waals surface area contributed by atoms with E-state index < -0.39 is 17.2 Å². The van der Waals surface area contributed by atoms with Gasteiger partial charge in [0, 0.05) is 27.2 Å². The Labute approximate surface area is 113 Å². The number of hydrogen-bond acceptors (Lipinski definition) is 4. The molecule has 0 saturated carbocycles. The van der Waals surface area contributed by atoms with Crippen LogP contribution < -0.4 is 4.90 Å². The Morgan fingerprint density at radius 2 is 1.89 bits per heavy atom. The van der Waals surface area contributed by atoms with Crippen molar-refractivity contribution in [3.05, 3.63) is 17.0 Å². The average molecular weight is 297 g/mol. The molecule has 0 fully saturated rings. The maximum Gasteiger partial charge on any atom is 0.433 e. The highest BCUT2D eigenvalue weighted by Crippen LogP contribution is 2.30. The number of alkyl halides is 3. The standard InChI is InChI=1S/C10H12ClF3N4O/c1-17(2)8(19)5-18(3)7-4-6(10(12,13)14)15-9(11)16-7/h4H,5H2,1-3H3. The van der Waals surface area contributed by atoms with E-state index in [9.17, 15) is 18.0 Å². The summed E-state index contributed by atoms with van der Waals surface area (Å²) in [5.41, 5.74) is -1.15. The van der Waals surface area contributed by atoms with E-state index in [0.717, 1.165) is 6.07 Å².